The summed E-state index contributed by atoms with van der Waals surface area (Å²) >= 11 is 3.46. The molecule has 3 rings (SSSR count). The van der Waals surface area contributed by atoms with Crippen molar-refractivity contribution in [3.8, 4) is 0 Å². The molecular formula is C19H23BrNO+. The van der Waals surface area contributed by atoms with Gasteiger partial charge in [0.25, 0.3) is 0 Å². The quantitative estimate of drug-likeness (QED) is 0.841. The fourth-order valence-electron chi connectivity index (χ4n) is 3.39. The van der Waals surface area contributed by atoms with Gasteiger partial charge in [0.1, 0.15) is 0 Å². The van der Waals surface area contributed by atoms with Gasteiger partial charge >= 0.3 is 0 Å². The number of rotatable bonds is 5. The van der Waals surface area contributed by atoms with Crippen LogP contribution in [0.5, 0.6) is 0 Å². The molecule has 2 atom stereocenters. The highest BCUT2D eigenvalue weighted by Crippen LogP contribution is 2.30. The average molecular weight is 361 g/mol. The molecule has 0 saturated carbocycles. The van der Waals surface area contributed by atoms with Crippen LogP contribution >= 0.6 is 15.9 Å². The van der Waals surface area contributed by atoms with Crippen molar-refractivity contribution in [1.82, 2.24) is 0 Å². The molecule has 0 bridgehead atoms. The summed E-state index contributed by atoms with van der Waals surface area (Å²) in [5.41, 5.74) is 2.23. The standard InChI is InChI=1S/C19H22BrNO/c20-17-10-8-16(9-11-17)19(22)18(14-21-12-4-5-13-21)15-6-2-1-3-7-15/h1-3,6-11,18-19,22H,4-5,12-14H2/p+1/t18-,19+/m0/s1. The van der Waals surface area contributed by atoms with E-state index < -0.39 is 6.10 Å². The van der Waals surface area contributed by atoms with Crippen LogP contribution in [0.25, 0.3) is 0 Å². The third kappa shape index (κ3) is 3.78. The van der Waals surface area contributed by atoms with E-state index in [0.29, 0.717) is 0 Å². The Kier molecular flexibility index (Phi) is 5.29. The van der Waals surface area contributed by atoms with Gasteiger partial charge in [-0.15, -0.1) is 0 Å². The van der Waals surface area contributed by atoms with Crippen LogP contribution in [0.4, 0.5) is 0 Å². The number of halogens is 1. The maximum atomic E-state index is 11.0. The number of aliphatic hydroxyl groups excluding tert-OH is 1. The minimum atomic E-state index is -0.455. The lowest BCUT2D eigenvalue weighted by molar-refractivity contribution is -0.889. The molecule has 1 heterocycles. The first-order chi connectivity index (χ1) is 10.7. The van der Waals surface area contributed by atoms with E-state index in [1.54, 1.807) is 4.90 Å². The molecule has 0 radical (unpaired) electrons. The molecule has 2 aromatic carbocycles. The number of nitrogens with one attached hydrogen (secondary N) is 1. The molecule has 0 aliphatic carbocycles. The van der Waals surface area contributed by atoms with Gasteiger partial charge < -0.3 is 10.0 Å². The molecule has 1 aliphatic rings. The summed E-state index contributed by atoms with van der Waals surface area (Å²) in [4.78, 5) is 1.62. The predicted octanol–water partition coefficient (Wildman–Crippen LogP) is 2.95. The Bertz CT molecular complexity index is 578. The van der Waals surface area contributed by atoms with Crippen LogP contribution in [0.3, 0.4) is 0 Å². The molecule has 1 aliphatic heterocycles. The number of hydrogen-bond acceptors (Lipinski definition) is 1. The minimum Gasteiger partial charge on any atom is -0.388 e. The van der Waals surface area contributed by atoms with Gasteiger partial charge in [0.05, 0.1) is 31.7 Å². The highest BCUT2D eigenvalue weighted by atomic mass is 79.9. The van der Waals surface area contributed by atoms with Crippen LogP contribution in [0, 0.1) is 0 Å². The Balaban J connectivity index is 1.84. The SMILES string of the molecule is O[C@H](c1ccc(Br)cc1)[C@@H](C[NH+]1CCCC1)c1ccccc1. The normalized spacial score (nSPS) is 18.3. The molecule has 116 valence electrons. The van der Waals surface area contributed by atoms with Crippen molar-refractivity contribution < 1.29 is 10.0 Å². The molecule has 1 saturated heterocycles. The van der Waals surface area contributed by atoms with E-state index in [-0.39, 0.29) is 5.92 Å². The summed E-state index contributed by atoms with van der Waals surface area (Å²) in [6, 6.07) is 18.5. The second-order valence-electron chi connectivity index (χ2n) is 6.17. The third-order valence-corrected chi connectivity index (χ3v) is 5.17. The maximum absolute atomic E-state index is 11.0. The largest absolute Gasteiger partial charge is 0.388 e. The van der Waals surface area contributed by atoms with Crippen LogP contribution in [0.1, 0.15) is 36.0 Å². The molecule has 2 nitrogen and oxygen atoms in total. The zero-order valence-electron chi connectivity index (χ0n) is 12.7. The summed E-state index contributed by atoms with van der Waals surface area (Å²) < 4.78 is 1.05. The van der Waals surface area contributed by atoms with Crippen molar-refractivity contribution >= 4 is 15.9 Å². The zero-order valence-corrected chi connectivity index (χ0v) is 14.3. The van der Waals surface area contributed by atoms with E-state index in [1.807, 2.05) is 30.3 Å². The van der Waals surface area contributed by atoms with Crippen LogP contribution in [0.15, 0.2) is 59.1 Å². The number of likely N-dealkylation sites (tertiary alicyclic amines) is 1. The van der Waals surface area contributed by atoms with Gasteiger partial charge in [0.15, 0.2) is 0 Å². The van der Waals surface area contributed by atoms with E-state index in [2.05, 4.69) is 40.2 Å². The first-order valence-electron chi connectivity index (χ1n) is 8.06. The fraction of sp³-hybridized carbons (Fsp3) is 0.368. The number of aliphatic hydroxyl groups is 1. The average Bonchev–Trinajstić information content (AvgIpc) is 3.07. The van der Waals surface area contributed by atoms with Crippen LogP contribution in [0.2, 0.25) is 0 Å². The van der Waals surface area contributed by atoms with Gasteiger partial charge in [-0.2, -0.15) is 0 Å². The Labute approximate surface area is 140 Å². The summed E-state index contributed by atoms with van der Waals surface area (Å²) in [5, 5.41) is 11.0. The maximum Gasteiger partial charge on any atom is 0.0912 e. The van der Waals surface area contributed by atoms with E-state index in [0.717, 1.165) is 16.6 Å². The van der Waals surface area contributed by atoms with Gasteiger partial charge in [-0.1, -0.05) is 58.4 Å². The lowest BCUT2D eigenvalue weighted by Crippen LogP contribution is -3.10. The second-order valence-corrected chi connectivity index (χ2v) is 7.09. The predicted molar refractivity (Wildman–Crippen MR) is 93.1 cm³/mol. The summed E-state index contributed by atoms with van der Waals surface area (Å²) in [6.45, 7) is 3.47. The highest BCUT2D eigenvalue weighted by molar-refractivity contribution is 9.10. The molecule has 0 aromatic heterocycles. The highest BCUT2D eigenvalue weighted by Gasteiger charge is 2.28. The lowest BCUT2D eigenvalue weighted by Gasteiger charge is -2.26. The summed E-state index contributed by atoms with van der Waals surface area (Å²) in [5.74, 6) is 0.149. The van der Waals surface area contributed by atoms with Crippen molar-refractivity contribution in [2.75, 3.05) is 19.6 Å². The molecule has 2 N–H and O–H groups in total. The number of quaternary nitrogens is 1. The number of hydrogen-bond donors (Lipinski definition) is 2. The molecule has 3 heteroatoms. The smallest absolute Gasteiger partial charge is 0.0912 e. The van der Waals surface area contributed by atoms with Gasteiger partial charge in [0.2, 0.25) is 0 Å². The van der Waals surface area contributed by atoms with Crippen LogP contribution in [-0.2, 0) is 0 Å². The third-order valence-electron chi connectivity index (χ3n) is 4.64. The minimum absolute atomic E-state index is 0.149. The van der Waals surface area contributed by atoms with Gasteiger partial charge in [-0.05, 0) is 23.3 Å². The van der Waals surface area contributed by atoms with E-state index >= 15 is 0 Å². The molecule has 2 aromatic rings. The Morgan fingerprint density at radius 3 is 2.18 bits per heavy atom. The first kappa shape index (κ1) is 15.7. The van der Waals surface area contributed by atoms with Crippen molar-refractivity contribution in [2.45, 2.75) is 24.9 Å². The fourth-order valence-corrected chi connectivity index (χ4v) is 3.66. The van der Waals surface area contributed by atoms with Crippen LogP contribution in [-0.4, -0.2) is 24.7 Å². The van der Waals surface area contributed by atoms with Gasteiger partial charge in [-0.25, -0.2) is 0 Å². The molecule has 22 heavy (non-hydrogen) atoms. The van der Waals surface area contributed by atoms with E-state index in [4.69, 9.17) is 0 Å². The molecular weight excluding hydrogens is 338 g/mol. The Morgan fingerprint density at radius 2 is 1.55 bits per heavy atom. The number of benzene rings is 2. The van der Waals surface area contributed by atoms with Crippen molar-refractivity contribution in [1.29, 1.82) is 0 Å². The van der Waals surface area contributed by atoms with Crippen molar-refractivity contribution in [2.24, 2.45) is 0 Å². The lowest BCUT2D eigenvalue weighted by atomic mass is 9.88. The van der Waals surface area contributed by atoms with Crippen LogP contribution < -0.4 is 4.90 Å². The van der Waals surface area contributed by atoms with Crippen molar-refractivity contribution in [3.05, 3.63) is 70.2 Å². The first-order valence-corrected chi connectivity index (χ1v) is 8.85. The van der Waals surface area contributed by atoms with Gasteiger partial charge in [-0.3, -0.25) is 0 Å². The van der Waals surface area contributed by atoms with Crippen molar-refractivity contribution in [3.63, 3.8) is 0 Å². The Morgan fingerprint density at radius 1 is 0.909 bits per heavy atom. The Hall–Kier alpha value is -1.16. The van der Waals surface area contributed by atoms with E-state index in [9.17, 15) is 5.11 Å². The molecule has 0 spiro atoms. The molecule has 1 fully saturated rings. The van der Waals surface area contributed by atoms with E-state index in [1.165, 1.54) is 31.5 Å². The second kappa shape index (κ2) is 7.40. The topological polar surface area (TPSA) is 24.7 Å². The summed E-state index contributed by atoms with van der Waals surface area (Å²) in [6.07, 6.45) is 2.17. The zero-order chi connectivity index (χ0) is 15.4. The van der Waals surface area contributed by atoms with Gasteiger partial charge in [0, 0.05) is 17.3 Å². The molecule has 0 amide bonds. The monoisotopic (exact) mass is 360 g/mol. The summed E-state index contributed by atoms with van der Waals surface area (Å²) in [7, 11) is 0. The molecule has 0 unspecified atom stereocenters.